The van der Waals surface area contributed by atoms with Gasteiger partial charge in [-0.15, -0.1) is 0 Å². The van der Waals surface area contributed by atoms with Crippen LogP contribution < -0.4 is 5.32 Å². The van der Waals surface area contributed by atoms with Gasteiger partial charge in [-0.3, -0.25) is 9.80 Å². The lowest BCUT2D eigenvalue weighted by atomic mass is 10.2. The van der Waals surface area contributed by atoms with Gasteiger partial charge in [0.25, 0.3) is 0 Å². The van der Waals surface area contributed by atoms with Crippen LogP contribution in [0.25, 0.3) is 0 Å². The summed E-state index contributed by atoms with van der Waals surface area (Å²) >= 11 is 0. The number of nitrogens with zero attached hydrogens (tertiary/aromatic N) is 2. The Morgan fingerprint density at radius 2 is 1.07 bits per heavy atom. The lowest BCUT2D eigenvalue weighted by Gasteiger charge is -2.41. The van der Waals surface area contributed by atoms with Gasteiger partial charge in [0.15, 0.2) is 0 Å². The second-order valence-corrected chi connectivity index (χ2v) is 3.88. The molecule has 0 aromatic carbocycles. The largest absolute Gasteiger partial charge is 0.395 e. The maximum Gasteiger partial charge on any atom is 0.0555 e. The van der Waals surface area contributed by atoms with Gasteiger partial charge in [-0.25, -0.2) is 0 Å². The number of fused-ring (bicyclic) bond motifs is 3. The third-order valence-electron chi connectivity index (χ3n) is 2.77. The summed E-state index contributed by atoms with van der Waals surface area (Å²) in [5.74, 6) is 0. The van der Waals surface area contributed by atoms with E-state index in [1.165, 1.54) is 39.3 Å². The first-order valence-electron chi connectivity index (χ1n) is 5.74. The van der Waals surface area contributed by atoms with E-state index in [1.54, 1.807) is 0 Å². The van der Waals surface area contributed by atoms with Crippen molar-refractivity contribution in [1.29, 1.82) is 0 Å². The van der Waals surface area contributed by atoms with E-state index >= 15 is 0 Å². The molecule has 3 rings (SSSR count). The molecule has 0 saturated carbocycles. The third-order valence-corrected chi connectivity index (χ3v) is 2.77. The van der Waals surface area contributed by atoms with Crippen LogP contribution >= 0.6 is 0 Å². The zero-order valence-corrected chi connectivity index (χ0v) is 9.36. The van der Waals surface area contributed by atoms with E-state index in [0.29, 0.717) is 13.1 Å². The molecular formula is C10H23N3O2. The number of rotatable bonds is 4. The highest BCUT2D eigenvalue weighted by Gasteiger charge is 2.21. The molecule has 0 atom stereocenters. The second-order valence-electron chi connectivity index (χ2n) is 3.88. The molecule has 3 fully saturated rings. The Morgan fingerprint density at radius 1 is 0.733 bits per heavy atom. The Bertz CT molecular complexity index is 123. The maximum atomic E-state index is 8.15. The Balaban J connectivity index is 0.000000153. The van der Waals surface area contributed by atoms with Crippen molar-refractivity contribution in [2.45, 2.75) is 0 Å². The Labute approximate surface area is 91.7 Å². The highest BCUT2D eigenvalue weighted by Crippen LogP contribution is 2.06. The lowest BCUT2D eigenvalue weighted by Crippen LogP contribution is -2.55. The van der Waals surface area contributed by atoms with Crippen molar-refractivity contribution in [2.24, 2.45) is 0 Å². The smallest absolute Gasteiger partial charge is 0.0555 e. The van der Waals surface area contributed by atoms with Crippen molar-refractivity contribution in [3.63, 3.8) is 0 Å². The van der Waals surface area contributed by atoms with E-state index in [2.05, 4.69) is 15.1 Å². The normalized spacial score (nSPS) is 28.4. The quantitative estimate of drug-likeness (QED) is 0.484. The molecule has 0 radical (unpaired) electrons. The molecule has 3 aliphatic rings. The van der Waals surface area contributed by atoms with E-state index in [9.17, 15) is 0 Å². The van der Waals surface area contributed by atoms with E-state index in [1.807, 2.05) is 0 Å². The molecule has 0 spiro atoms. The predicted molar refractivity (Wildman–Crippen MR) is 59.9 cm³/mol. The monoisotopic (exact) mass is 217 g/mol. The van der Waals surface area contributed by atoms with Gasteiger partial charge >= 0.3 is 0 Å². The molecule has 15 heavy (non-hydrogen) atoms. The first kappa shape index (κ1) is 12.9. The lowest BCUT2D eigenvalue weighted by molar-refractivity contribution is 0.0647. The first-order chi connectivity index (χ1) is 7.36. The molecule has 0 aromatic rings. The third kappa shape index (κ3) is 5.44. The summed E-state index contributed by atoms with van der Waals surface area (Å²) in [6, 6.07) is 0. The minimum absolute atomic E-state index is 0.139. The van der Waals surface area contributed by atoms with E-state index in [-0.39, 0.29) is 13.2 Å². The first-order valence-corrected chi connectivity index (χ1v) is 5.74. The molecule has 3 aliphatic heterocycles. The van der Waals surface area contributed by atoms with Gasteiger partial charge in [-0.2, -0.15) is 0 Å². The number of aliphatic hydroxyl groups is 2. The Kier molecular flexibility index (Phi) is 6.87. The molecule has 0 aliphatic carbocycles. The predicted octanol–water partition coefficient (Wildman–Crippen LogP) is -1.82. The zero-order chi connectivity index (χ0) is 10.9. The van der Waals surface area contributed by atoms with E-state index in [4.69, 9.17) is 10.2 Å². The summed E-state index contributed by atoms with van der Waals surface area (Å²) in [6.45, 7) is 9.33. The zero-order valence-electron chi connectivity index (χ0n) is 9.36. The van der Waals surface area contributed by atoms with Crippen molar-refractivity contribution >= 4 is 0 Å². The van der Waals surface area contributed by atoms with Crippen LogP contribution in [0.4, 0.5) is 0 Å². The fourth-order valence-electron chi connectivity index (χ4n) is 1.80. The van der Waals surface area contributed by atoms with Gasteiger partial charge in [0.1, 0.15) is 0 Å². The number of piperazine rings is 3. The number of hydrogen-bond donors (Lipinski definition) is 3. The summed E-state index contributed by atoms with van der Waals surface area (Å²) in [5.41, 5.74) is 0. The molecule has 3 heterocycles. The maximum absolute atomic E-state index is 8.15. The molecular weight excluding hydrogens is 194 g/mol. The van der Waals surface area contributed by atoms with Crippen LogP contribution in [0, 0.1) is 0 Å². The average molecular weight is 217 g/mol. The molecule has 3 saturated heterocycles. The summed E-state index contributed by atoms with van der Waals surface area (Å²) < 4.78 is 0. The average Bonchev–Trinajstić information content (AvgIpc) is 2.33. The van der Waals surface area contributed by atoms with Crippen LogP contribution in [-0.2, 0) is 0 Å². The molecule has 0 unspecified atom stereocenters. The van der Waals surface area contributed by atoms with Crippen LogP contribution in [0.1, 0.15) is 0 Å². The summed E-state index contributed by atoms with van der Waals surface area (Å²) in [6.07, 6.45) is 0. The van der Waals surface area contributed by atoms with Crippen molar-refractivity contribution in [3.8, 4) is 0 Å². The standard InChI is InChI=1S/C6H12N2.C4H11NO2/c1-2-8-5-3-7(1)4-6-8;6-3-1-5-2-4-7/h1-6H2;5-7H,1-4H2. The highest BCUT2D eigenvalue weighted by atomic mass is 16.3. The molecule has 2 bridgehead atoms. The Hall–Kier alpha value is -0.200. The topological polar surface area (TPSA) is 59.0 Å². The minimum atomic E-state index is 0.139. The molecule has 5 heteroatoms. The van der Waals surface area contributed by atoms with Crippen LogP contribution in [0.15, 0.2) is 0 Å². The van der Waals surface area contributed by atoms with Crippen molar-refractivity contribution in [2.75, 3.05) is 65.6 Å². The van der Waals surface area contributed by atoms with Crippen molar-refractivity contribution in [3.05, 3.63) is 0 Å². The number of hydrogen-bond acceptors (Lipinski definition) is 5. The van der Waals surface area contributed by atoms with Crippen LogP contribution in [0.2, 0.25) is 0 Å². The van der Waals surface area contributed by atoms with Gasteiger partial charge in [0, 0.05) is 52.4 Å². The highest BCUT2D eigenvalue weighted by molar-refractivity contribution is 4.78. The summed E-state index contributed by atoms with van der Waals surface area (Å²) in [5, 5.41) is 19.1. The van der Waals surface area contributed by atoms with Gasteiger partial charge in [0.05, 0.1) is 13.2 Å². The molecule has 3 N–H and O–H groups in total. The fourth-order valence-corrected chi connectivity index (χ4v) is 1.80. The molecule has 0 aromatic heterocycles. The molecule has 0 amide bonds. The summed E-state index contributed by atoms with van der Waals surface area (Å²) in [7, 11) is 0. The van der Waals surface area contributed by atoms with Gasteiger partial charge in [-0.05, 0) is 0 Å². The van der Waals surface area contributed by atoms with Crippen molar-refractivity contribution < 1.29 is 10.2 Å². The summed E-state index contributed by atoms with van der Waals surface area (Å²) in [4.78, 5) is 5.08. The number of aliphatic hydroxyl groups excluding tert-OH is 2. The van der Waals surface area contributed by atoms with Crippen LogP contribution in [0.5, 0.6) is 0 Å². The van der Waals surface area contributed by atoms with Gasteiger partial charge in [-0.1, -0.05) is 0 Å². The molecule has 90 valence electrons. The fraction of sp³-hybridized carbons (Fsp3) is 1.00. The van der Waals surface area contributed by atoms with Crippen molar-refractivity contribution in [1.82, 2.24) is 15.1 Å². The molecule has 5 nitrogen and oxygen atoms in total. The minimum Gasteiger partial charge on any atom is -0.395 e. The SMILES string of the molecule is C1CN2CCN1CC2.OCCNCCO. The van der Waals surface area contributed by atoms with Crippen LogP contribution in [0.3, 0.4) is 0 Å². The van der Waals surface area contributed by atoms with E-state index in [0.717, 1.165) is 0 Å². The second kappa shape index (κ2) is 8.01. The van der Waals surface area contributed by atoms with Gasteiger partial charge < -0.3 is 15.5 Å². The van der Waals surface area contributed by atoms with Crippen LogP contribution in [-0.4, -0.2) is 85.6 Å². The number of nitrogens with one attached hydrogen (secondary N) is 1. The van der Waals surface area contributed by atoms with Gasteiger partial charge in [0.2, 0.25) is 0 Å². The Morgan fingerprint density at radius 3 is 1.27 bits per heavy atom. The van der Waals surface area contributed by atoms with E-state index < -0.39 is 0 Å².